The summed E-state index contributed by atoms with van der Waals surface area (Å²) < 4.78 is 1.02. The van der Waals surface area contributed by atoms with Gasteiger partial charge in [0.25, 0.3) is 0 Å². The van der Waals surface area contributed by atoms with Crippen LogP contribution in [0.2, 0.25) is 0 Å². The molecule has 5 heteroatoms. The van der Waals surface area contributed by atoms with Crippen LogP contribution in [0.1, 0.15) is 19.5 Å². The van der Waals surface area contributed by atoms with Crippen LogP contribution in [0.5, 0.6) is 0 Å². The van der Waals surface area contributed by atoms with Gasteiger partial charge in [0.05, 0.1) is 4.88 Å². The van der Waals surface area contributed by atoms with E-state index >= 15 is 0 Å². The molecule has 0 saturated carbocycles. The van der Waals surface area contributed by atoms with E-state index in [2.05, 4.69) is 39.7 Å². The smallest absolute Gasteiger partial charge is 0.173 e. The molecule has 0 aliphatic carbocycles. The summed E-state index contributed by atoms with van der Waals surface area (Å²) in [6, 6.07) is 3.85. The van der Waals surface area contributed by atoms with Gasteiger partial charge in [-0.15, -0.1) is 11.3 Å². The fraction of sp³-hybridized carbons (Fsp3) is 0.333. The fourth-order valence-corrected chi connectivity index (χ4v) is 3.08. The van der Waals surface area contributed by atoms with E-state index in [1.165, 1.54) is 0 Å². The summed E-state index contributed by atoms with van der Waals surface area (Å²) in [5.74, 6) is 1.80. The molecule has 0 amide bonds. The van der Waals surface area contributed by atoms with Gasteiger partial charge in [0, 0.05) is 16.2 Å². The van der Waals surface area contributed by atoms with E-state index in [4.69, 9.17) is 5.73 Å². The van der Waals surface area contributed by atoms with Crippen molar-refractivity contribution in [2.75, 3.05) is 5.73 Å². The average molecular weight is 312 g/mol. The second-order valence-electron chi connectivity index (χ2n) is 4.30. The molecule has 0 aliphatic heterocycles. The first kappa shape index (κ1) is 12.5. The second-order valence-corrected chi connectivity index (χ2v) is 6.07. The molecule has 2 rings (SSSR count). The van der Waals surface area contributed by atoms with E-state index in [1.807, 2.05) is 17.5 Å². The zero-order chi connectivity index (χ0) is 12.4. The van der Waals surface area contributed by atoms with Crippen LogP contribution in [0.3, 0.4) is 0 Å². The predicted molar refractivity (Wildman–Crippen MR) is 76.0 cm³/mol. The molecule has 0 atom stereocenters. The van der Waals surface area contributed by atoms with Crippen molar-refractivity contribution in [1.82, 2.24) is 9.97 Å². The monoisotopic (exact) mass is 311 g/mol. The predicted octanol–water partition coefficient (Wildman–Crippen LogP) is 3.75. The van der Waals surface area contributed by atoms with Gasteiger partial charge in [-0.2, -0.15) is 0 Å². The van der Waals surface area contributed by atoms with Crippen LogP contribution in [-0.4, -0.2) is 9.97 Å². The first-order chi connectivity index (χ1) is 8.06. The lowest BCUT2D eigenvalue weighted by Crippen LogP contribution is -2.03. The van der Waals surface area contributed by atoms with Crippen molar-refractivity contribution in [1.29, 1.82) is 0 Å². The highest BCUT2D eigenvalue weighted by atomic mass is 79.9. The van der Waals surface area contributed by atoms with E-state index < -0.39 is 0 Å². The van der Waals surface area contributed by atoms with E-state index in [-0.39, 0.29) is 0 Å². The molecule has 0 saturated heterocycles. The molecule has 0 unspecified atom stereocenters. The van der Waals surface area contributed by atoms with E-state index in [1.54, 1.807) is 11.3 Å². The average Bonchev–Trinajstić information content (AvgIpc) is 2.62. The zero-order valence-corrected chi connectivity index (χ0v) is 12.2. The summed E-state index contributed by atoms with van der Waals surface area (Å²) >= 11 is 5.10. The molecule has 2 N–H and O–H groups in total. The third-order valence-electron chi connectivity index (χ3n) is 2.24. The Hall–Kier alpha value is -0.940. The number of thiophene rings is 1. The molecule has 2 aromatic heterocycles. The van der Waals surface area contributed by atoms with Gasteiger partial charge in [-0.3, -0.25) is 0 Å². The second kappa shape index (κ2) is 5.14. The molecule has 0 aliphatic rings. The molecule has 0 fully saturated rings. The van der Waals surface area contributed by atoms with Gasteiger partial charge in [0.1, 0.15) is 5.82 Å². The highest BCUT2D eigenvalue weighted by Crippen LogP contribution is 2.31. The van der Waals surface area contributed by atoms with Crippen molar-refractivity contribution in [3.8, 4) is 10.7 Å². The molecule has 0 bridgehead atoms. The lowest BCUT2D eigenvalue weighted by Gasteiger charge is -2.07. The van der Waals surface area contributed by atoms with Gasteiger partial charge in [0.2, 0.25) is 0 Å². The van der Waals surface area contributed by atoms with E-state index in [9.17, 15) is 0 Å². The Labute approximate surface area is 113 Å². The number of anilines is 1. The quantitative estimate of drug-likeness (QED) is 0.939. The number of nitrogens with two attached hydrogens (primary N) is 1. The molecule has 2 aromatic rings. The fourth-order valence-electron chi connectivity index (χ4n) is 1.60. The van der Waals surface area contributed by atoms with Crippen LogP contribution in [0, 0.1) is 5.92 Å². The highest BCUT2D eigenvalue weighted by Gasteiger charge is 2.10. The van der Waals surface area contributed by atoms with Crippen LogP contribution in [0.4, 0.5) is 5.82 Å². The van der Waals surface area contributed by atoms with E-state index in [0.29, 0.717) is 17.6 Å². The molecule has 17 heavy (non-hydrogen) atoms. The first-order valence-electron chi connectivity index (χ1n) is 5.43. The lowest BCUT2D eigenvalue weighted by molar-refractivity contribution is 0.635. The number of hydrogen-bond donors (Lipinski definition) is 1. The summed E-state index contributed by atoms with van der Waals surface area (Å²) in [6.07, 6.45) is 0.919. The largest absolute Gasteiger partial charge is 0.384 e. The third-order valence-corrected chi connectivity index (χ3v) is 4.07. The van der Waals surface area contributed by atoms with Gasteiger partial charge < -0.3 is 5.73 Å². The summed E-state index contributed by atoms with van der Waals surface area (Å²) in [4.78, 5) is 9.89. The Morgan fingerprint density at radius 3 is 2.76 bits per heavy atom. The van der Waals surface area contributed by atoms with Crippen molar-refractivity contribution in [2.24, 2.45) is 5.92 Å². The maximum Gasteiger partial charge on any atom is 0.173 e. The Morgan fingerprint density at radius 1 is 1.41 bits per heavy atom. The Bertz CT molecular complexity index is 522. The minimum absolute atomic E-state index is 0.533. The minimum atomic E-state index is 0.533. The first-order valence-corrected chi connectivity index (χ1v) is 7.10. The van der Waals surface area contributed by atoms with Crippen LogP contribution >= 0.6 is 27.3 Å². The lowest BCUT2D eigenvalue weighted by atomic mass is 10.1. The number of aromatic nitrogens is 2. The Balaban J connectivity index is 2.42. The Kier molecular flexibility index (Phi) is 3.79. The maximum atomic E-state index is 5.83. The number of halogens is 1. The van der Waals surface area contributed by atoms with Crippen molar-refractivity contribution in [3.63, 3.8) is 0 Å². The van der Waals surface area contributed by atoms with Gasteiger partial charge in [-0.1, -0.05) is 13.8 Å². The topological polar surface area (TPSA) is 51.8 Å². The van der Waals surface area contributed by atoms with E-state index in [0.717, 1.165) is 21.5 Å². The molecule has 0 aromatic carbocycles. The number of nitrogens with zero attached hydrogens (tertiary/aromatic N) is 2. The van der Waals surface area contributed by atoms with Gasteiger partial charge >= 0.3 is 0 Å². The minimum Gasteiger partial charge on any atom is -0.384 e. The standard InChI is InChI=1S/C12H14BrN3S/c1-7(2)5-8-6-10(14)16-12(15-8)11-9(13)3-4-17-11/h3-4,6-7H,5H2,1-2H3,(H2,14,15,16). The van der Waals surface area contributed by atoms with Gasteiger partial charge in [-0.25, -0.2) is 9.97 Å². The van der Waals surface area contributed by atoms with Crippen LogP contribution < -0.4 is 5.73 Å². The summed E-state index contributed by atoms with van der Waals surface area (Å²) in [7, 11) is 0. The molecule has 90 valence electrons. The number of hydrogen-bond acceptors (Lipinski definition) is 4. The van der Waals surface area contributed by atoms with Crippen molar-refractivity contribution < 1.29 is 0 Å². The summed E-state index contributed by atoms with van der Waals surface area (Å²) in [5.41, 5.74) is 6.83. The third kappa shape index (κ3) is 3.04. The zero-order valence-electron chi connectivity index (χ0n) is 9.77. The van der Waals surface area contributed by atoms with Crippen LogP contribution in [-0.2, 0) is 6.42 Å². The summed E-state index contributed by atoms with van der Waals surface area (Å²) in [6.45, 7) is 4.33. The van der Waals surface area contributed by atoms with Gasteiger partial charge in [-0.05, 0) is 39.7 Å². The molecule has 0 spiro atoms. The van der Waals surface area contributed by atoms with Crippen LogP contribution in [0.25, 0.3) is 10.7 Å². The normalized spacial score (nSPS) is 11.1. The molecule has 0 radical (unpaired) electrons. The Morgan fingerprint density at radius 2 is 2.18 bits per heavy atom. The molecular formula is C12H14BrN3S. The van der Waals surface area contributed by atoms with Gasteiger partial charge in [0.15, 0.2) is 5.82 Å². The summed E-state index contributed by atoms with van der Waals surface area (Å²) in [5, 5.41) is 2.01. The van der Waals surface area contributed by atoms with Crippen LogP contribution in [0.15, 0.2) is 22.0 Å². The van der Waals surface area contributed by atoms with Crippen molar-refractivity contribution in [3.05, 3.63) is 27.7 Å². The molecule has 2 heterocycles. The van der Waals surface area contributed by atoms with Crippen molar-refractivity contribution >= 4 is 33.1 Å². The molecule has 3 nitrogen and oxygen atoms in total. The maximum absolute atomic E-state index is 5.83. The number of nitrogen functional groups attached to an aromatic ring is 1. The number of rotatable bonds is 3. The highest BCUT2D eigenvalue weighted by molar-refractivity contribution is 9.10. The van der Waals surface area contributed by atoms with Crippen molar-refractivity contribution in [2.45, 2.75) is 20.3 Å². The SMILES string of the molecule is CC(C)Cc1cc(N)nc(-c2sccc2Br)n1. The molecular weight excluding hydrogens is 298 g/mol.